The summed E-state index contributed by atoms with van der Waals surface area (Å²) in [5.74, 6) is 5.08. The molecule has 148 valence electrons. The number of aromatic nitrogens is 2. The fraction of sp³-hybridized carbons (Fsp3) is 0.0833. The zero-order valence-corrected chi connectivity index (χ0v) is 16.4. The van der Waals surface area contributed by atoms with Crippen molar-refractivity contribution in [2.75, 3.05) is 0 Å². The number of nitrogens with two attached hydrogens (primary N) is 1. The SMILES string of the molecule is CCC(=O)c1ccc(-c2ccc(-c3cc(C(=O)NN)c4cnccc4n3)cc2)cc1. The quantitative estimate of drug-likeness (QED) is 0.228. The van der Waals surface area contributed by atoms with Gasteiger partial charge in [-0.25, -0.2) is 10.8 Å². The number of Topliss-reactive ketones (excluding diaryl/α,β-unsaturated/α-hetero) is 1. The molecule has 0 radical (unpaired) electrons. The van der Waals surface area contributed by atoms with Crippen molar-refractivity contribution in [3.8, 4) is 22.4 Å². The Morgan fingerprint density at radius 3 is 2.20 bits per heavy atom. The highest BCUT2D eigenvalue weighted by Crippen LogP contribution is 2.27. The van der Waals surface area contributed by atoms with E-state index in [4.69, 9.17) is 5.84 Å². The standard InChI is InChI=1S/C24H20N4O2/c1-2-23(29)18-9-5-16(6-10-18)15-3-7-17(8-4-15)22-13-19(24(30)28-25)20-14-26-12-11-21(20)27-22/h3-14H,2,25H2,1H3,(H,28,30). The first-order valence-corrected chi connectivity index (χ1v) is 9.60. The van der Waals surface area contributed by atoms with Gasteiger partial charge >= 0.3 is 0 Å². The zero-order valence-electron chi connectivity index (χ0n) is 16.4. The van der Waals surface area contributed by atoms with Gasteiger partial charge in [0.05, 0.1) is 16.8 Å². The van der Waals surface area contributed by atoms with Crippen LogP contribution in [0.15, 0.2) is 73.1 Å². The Balaban J connectivity index is 1.70. The second-order valence-corrected chi connectivity index (χ2v) is 6.85. The lowest BCUT2D eigenvalue weighted by Crippen LogP contribution is -2.30. The van der Waals surface area contributed by atoms with Gasteiger partial charge < -0.3 is 0 Å². The van der Waals surface area contributed by atoms with Crippen LogP contribution in [0.2, 0.25) is 0 Å². The van der Waals surface area contributed by atoms with E-state index in [1.54, 1.807) is 24.5 Å². The summed E-state index contributed by atoms with van der Waals surface area (Å²) in [6, 6.07) is 19.0. The van der Waals surface area contributed by atoms with Gasteiger partial charge in [-0.2, -0.15) is 0 Å². The molecule has 1 amide bonds. The Labute approximate surface area is 173 Å². The first-order valence-electron chi connectivity index (χ1n) is 9.60. The molecule has 0 saturated heterocycles. The number of hydrogen-bond donors (Lipinski definition) is 2. The monoisotopic (exact) mass is 396 g/mol. The van der Waals surface area contributed by atoms with Crippen molar-refractivity contribution in [1.82, 2.24) is 15.4 Å². The van der Waals surface area contributed by atoms with Crippen LogP contribution in [0, 0.1) is 0 Å². The van der Waals surface area contributed by atoms with Crippen LogP contribution in [0.25, 0.3) is 33.3 Å². The van der Waals surface area contributed by atoms with Crippen LogP contribution in [0.1, 0.15) is 34.1 Å². The second-order valence-electron chi connectivity index (χ2n) is 6.85. The van der Waals surface area contributed by atoms with E-state index in [0.717, 1.165) is 22.3 Å². The summed E-state index contributed by atoms with van der Waals surface area (Å²) in [6.07, 6.45) is 3.74. The maximum atomic E-state index is 12.2. The molecule has 0 aliphatic heterocycles. The van der Waals surface area contributed by atoms with Crippen LogP contribution >= 0.6 is 0 Å². The fourth-order valence-corrected chi connectivity index (χ4v) is 3.37. The van der Waals surface area contributed by atoms with Crippen molar-refractivity contribution in [2.45, 2.75) is 13.3 Å². The molecule has 0 saturated carbocycles. The van der Waals surface area contributed by atoms with Gasteiger partial charge in [0.15, 0.2) is 5.78 Å². The molecule has 2 aromatic heterocycles. The Morgan fingerprint density at radius 2 is 1.57 bits per heavy atom. The van der Waals surface area contributed by atoms with Gasteiger partial charge in [-0.05, 0) is 23.3 Å². The second kappa shape index (κ2) is 8.23. The van der Waals surface area contributed by atoms with E-state index >= 15 is 0 Å². The molecule has 30 heavy (non-hydrogen) atoms. The molecule has 2 heterocycles. The minimum atomic E-state index is -0.394. The predicted molar refractivity (Wildman–Crippen MR) is 117 cm³/mol. The average molecular weight is 396 g/mol. The zero-order chi connectivity index (χ0) is 21.1. The number of carbonyl (C=O) groups excluding carboxylic acids is 2. The van der Waals surface area contributed by atoms with E-state index in [-0.39, 0.29) is 5.78 Å². The van der Waals surface area contributed by atoms with Crippen molar-refractivity contribution >= 4 is 22.6 Å². The van der Waals surface area contributed by atoms with Crippen molar-refractivity contribution in [3.63, 3.8) is 0 Å². The number of amides is 1. The van der Waals surface area contributed by atoms with Gasteiger partial charge in [-0.15, -0.1) is 0 Å². The molecule has 0 bridgehead atoms. The third-order valence-corrected chi connectivity index (χ3v) is 5.03. The van der Waals surface area contributed by atoms with E-state index in [9.17, 15) is 9.59 Å². The summed E-state index contributed by atoms with van der Waals surface area (Å²) in [5, 5.41) is 0.641. The summed E-state index contributed by atoms with van der Waals surface area (Å²) >= 11 is 0. The molecule has 4 rings (SSSR count). The lowest BCUT2D eigenvalue weighted by atomic mass is 9.99. The highest BCUT2D eigenvalue weighted by Gasteiger charge is 2.13. The molecular weight excluding hydrogens is 376 g/mol. The van der Waals surface area contributed by atoms with Crippen LogP contribution in [-0.2, 0) is 0 Å². The Kier molecular flexibility index (Phi) is 5.32. The first kappa shape index (κ1) is 19.4. The number of carbonyl (C=O) groups is 2. The normalized spacial score (nSPS) is 10.7. The first-order chi connectivity index (χ1) is 14.6. The highest BCUT2D eigenvalue weighted by molar-refractivity contribution is 6.06. The maximum Gasteiger partial charge on any atom is 0.265 e. The van der Waals surface area contributed by atoms with E-state index in [1.165, 1.54) is 0 Å². The number of rotatable bonds is 5. The van der Waals surface area contributed by atoms with Gasteiger partial charge in [0, 0.05) is 35.3 Å². The topological polar surface area (TPSA) is 98.0 Å². The summed E-state index contributed by atoms with van der Waals surface area (Å²) in [5.41, 5.74) is 7.59. The molecule has 2 aromatic carbocycles. The number of nitrogens with one attached hydrogen (secondary N) is 1. The van der Waals surface area contributed by atoms with Crippen molar-refractivity contribution in [2.24, 2.45) is 5.84 Å². The van der Waals surface area contributed by atoms with Gasteiger partial charge in [-0.1, -0.05) is 55.5 Å². The molecule has 0 atom stereocenters. The summed E-state index contributed by atoms with van der Waals surface area (Å²) < 4.78 is 0. The molecule has 0 fully saturated rings. The molecule has 6 nitrogen and oxygen atoms in total. The number of fused-ring (bicyclic) bond motifs is 1. The van der Waals surface area contributed by atoms with Crippen molar-refractivity contribution in [1.29, 1.82) is 0 Å². The minimum absolute atomic E-state index is 0.131. The molecule has 3 N–H and O–H groups in total. The Hall–Kier alpha value is -3.90. The van der Waals surface area contributed by atoms with Crippen LogP contribution in [0.3, 0.4) is 0 Å². The number of ketones is 1. The molecule has 0 spiro atoms. The average Bonchev–Trinajstić information content (AvgIpc) is 2.82. The number of benzene rings is 2. The number of hydrazine groups is 1. The van der Waals surface area contributed by atoms with E-state index in [1.807, 2.05) is 55.5 Å². The lowest BCUT2D eigenvalue weighted by Gasteiger charge is -2.09. The number of hydrogen-bond acceptors (Lipinski definition) is 5. The molecule has 0 aliphatic carbocycles. The molecular formula is C24H20N4O2. The number of nitrogens with zero attached hydrogens (tertiary/aromatic N) is 2. The highest BCUT2D eigenvalue weighted by atomic mass is 16.2. The summed E-state index contributed by atoms with van der Waals surface area (Å²) in [6.45, 7) is 1.86. The predicted octanol–water partition coefficient (Wildman–Crippen LogP) is 4.16. The Morgan fingerprint density at radius 1 is 0.933 bits per heavy atom. The summed E-state index contributed by atoms with van der Waals surface area (Å²) in [7, 11) is 0. The van der Waals surface area contributed by atoms with E-state index in [0.29, 0.717) is 28.6 Å². The van der Waals surface area contributed by atoms with Gasteiger partial charge in [0.2, 0.25) is 0 Å². The fourth-order valence-electron chi connectivity index (χ4n) is 3.37. The van der Waals surface area contributed by atoms with Crippen molar-refractivity contribution in [3.05, 3.63) is 84.2 Å². The molecule has 4 aromatic rings. The van der Waals surface area contributed by atoms with E-state index in [2.05, 4.69) is 15.4 Å². The van der Waals surface area contributed by atoms with Crippen LogP contribution in [-0.4, -0.2) is 21.7 Å². The largest absolute Gasteiger partial charge is 0.294 e. The third kappa shape index (κ3) is 3.68. The van der Waals surface area contributed by atoms with Crippen LogP contribution in [0.4, 0.5) is 0 Å². The molecule has 0 aliphatic rings. The van der Waals surface area contributed by atoms with Gasteiger partial charge in [0.25, 0.3) is 5.91 Å². The van der Waals surface area contributed by atoms with Crippen LogP contribution < -0.4 is 11.3 Å². The van der Waals surface area contributed by atoms with Crippen molar-refractivity contribution < 1.29 is 9.59 Å². The van der Waals surface area contributed by atoms with Gasteiger partial charge in [-0.3, -0.25) is 20.0 Å². The van der Waals surface area contributed by atoms with Crippen LogP contribution in [0.5, 0.6) is 0 Å². The smallest absolute Gasteiger partial charge is 0.265 e. The minimum Gasteiger partial charge on any atom is -0.294 e. The lowest BCUT2D eigenvalue weighted by molar-refractivity contribution is 0.0953. The molecule has 0 unspecified atom stereocenters. The van der Waals surface area contributed by atoms with E-state index < -0.39 is 5.91 Å². The number of pyridine rings is 2. The maximum absolute atomic E-state index is 12.2. The number of nitrogen functional groups attached to an aromatic ring is 1. The summed E-state index contributed by atoms with van der Waals surface area (Å²) in [4.78, 5) is 32.8. The van der Waals surface area contributed by atoms with Gasteiger partial charge in [0.1, 0.15) is 0 Å². The third-order valence-electron chi connectivity index (χ3n) is 5.03. The Bertz CT molecular complexity index is 1230. The molecule has 6 heteroatoms.